The van der Waals surface area contributed by atoms with Crippen molar-refractivity contribution < 1.29 is 4.74 Å². The predicted molar refractivity (Wildman–Crippen MR) is 78.9 cm³/mol. The van der Waals surface area contributed by atoms with Crippen LogP contribution in [-0.4, -0.2) is 21.6 Å². The number of anilines is 1. The lowest BCUT2D eigenvalue weighted by atomic mass is 10.1. The predicted octanol–water partition coefficient (Wildman–Crippen LogP) is 2.85. The van der Waals surface area contributed by atoms with E-state index in [1.807, 2.05) is 37.3 Å². The number of hydrogen-bond donors (Lipinski definition) is 1. The topological polar surface area (TPSA) is 73.9 Å². The maximum atomic E-state index is 5.81. The number of nitrogen functional groups attached to an aromatic ring is 1. The molecule has 1 atom stereocenters. The van der Waals surface area contributed by atoms with Crippen LogP contribution in [0, 0.1) is 5.92 Å². The first kappa shape index (κ1) is 14.4. The quantitative estimate of drug-likeness (QED) is 0.906. The summed E-state index contributed by atoms with van der Waals surface area (Å²) in [6.07, 6.45) is -0.173. The van der Waals surface area contributed by atoms with Crippen LogP contribution in [0.25, 0.3) is 11.4 Å². The van der Waals surface area contributed by atoms with E-state index in [4.69, 9.17) is 10.5 Å². The molecular formula is C15H20N4O. The van der Waals surface area contributed by atoms with Crippen molar-refractivity contribution in [3.05, 3.63) is 36.2 Å². The highest BCUT2D eigenvalue weighted by molar-refractivity contribution is 5.55. The maximum absolute atomic E-state index is 5.81. The summed E-state index contributed by atoms with van der Waals surface area (Å²) in [7, 11) is 0. The number of nitrogens with two attached hydrogens (primary N) is 1. The Morgan fingerprint density at radius 1 is 1.10 bits per heavy atom. The third-order valence-corrected chi connectivity index (χ3v) is 2.91. The Morgan fingerprint density at radius 2 is 1.80 bits per heavy atom. The Kier molecular flexibility index (Phi) is 4.63. The van der Waals surface area contributed by atoms with Crippen LogP contribution >= 0.6 is 0 Å². The lowest BCUT2D eigenvalue weighted by Gasteiger charge is -2.19. The first-order chi connectivity index (χ1) is 9.61. The van der Waals surface area contributed by atoms with Crippen molar-refractivity contribution in [3.63, 3.8) is 0 Å². The summed E-state index contributed by atoms with van der Waals surface area (Å²) in [4.78, 5) is 13.0. The molecule has 0 amide bonds. The molecule has 0 saturated carbocycles. The van der Waals surface area contributed by atoms with Crippen LogP contribution in [0.4, 0.5) is 5.95 Å². The lowest BCUT2D eigenvalue weighted by molar-refractivity contribution is 0.0232. The fraction of sp³-hybridized carbons (Fsp3) is 0.400. The molecule has 2 rings (SSSR count). The summed E-state index contributed by atoms with van der Waals surface area (Å²) in [6, 6.07) is 9.73. The average Bonchev–Trinajstić information content (AvgIpc) is 2.44. The van der Waals surface area contributed by atoms with Crippen LogP contribution in [0.15, 0.2) is 30.3 Å². The maximum Gasteiger partial charge on any atom is 0.223 e. The summed E-state index contributed by atoms with van der Waals surface area (Å²) in [5, 5.41) is 0. The molecule has 1 heterocycles. The number of aromatic nitrogens is 3. The molecule has 0 bridgehead atoms. The largest absolute Gasteiger partial charge is 0.370 e. The Morgan fingerprint density at radius 3 is 2.40 bits per heavy atom. The second-order valence-corrected chi connectivity index (χ2v) is 4.86. The van der Waals surface area contributed by atoms with Crippen molar-refractivity contribution in [2.24, 2.45) is 5.92 Å². The number of benzene rings is 1. The minimum atomic E-state index is -0.173. The molecule has 1 aromatic heterocycles. The highest BCUT2D eigenvalue weighted by atomic mass is 16.5. The molecule has 0 aliphatic carbocycles. The zero-order valence-electron chi connectivity index (χ0n) is 12.1. The van der Waals surface area contributed by atoms with Gasteiger partial charge >= 0.3 is 0 Å². The van der Waals surface area contributed by atoms with Gasteiger partial charge in [-0.05, 0) is 12.8 Å². The van der Waals surface area contributed by atoms with Gasteiger partial charge in [0.25, 0.3) is 0 Å². The van der Waals surface area contributed by atoms with E-state index < -0.39 is 0 Å². The van der Waals surface area contributed by atoms with E-state index in [0.29, 0.717) is 18.3 Å². The van der Waals surface area contributed by atoms with Gasteiger partial charge in [-0.1, -0.05) is 44.2 Å². The second kappa shape index (κ2) is 6.43. The lowest BCUT2D eigenvalue weighted by Crippen LogP contribution is -2.16. The van der Waals surface area contributed by atoms with Gasteiger partial charge in [-0.25, -0.2) is 4.98 Å². The van der Waals surface area contributed by atoms with Crippen molar-refractivity contribution in [2.45, 2.75) is 26.9 Å². The molecule has 0 aliphatic heterocycles. The van der Waals surface area contributed by atoms with Gasteiger partial charge in [-0.2, -0.15) is 9.97 Å². The van der Waals surface area contributed by atoms with Gasteiger partial charge in [0.2, 0.25) is 5.95 Å². The van der Waals surface area contributed by atoms with Gasteiger partial charge in [-0.3, -0.25) is 0 Å². The molecule has 2 N–H and O–H groups in total. The minimum Gasteiger partial charge on any atom is -0.370 e. The molecule has 5 heteroatoms. The Balaban J connectivity index is 2.43. The number of rotatable bonds is 5. The van der Waals surface area contributed by atoms with Gasteiger partial charge in [-0.15, -0.1) is 0 Å². The first-order valence-corrected chi connectivity index (χ1v) is 6.80. The standard InChI is InChI=1S/C15H20N4O/c1-4-20-12(10(2)3)14-17-13(18-15(16)19-14)11-8-6-5-7-9-11/h5-10,12H,4H2,1-3H3,(H2,16,17,18,19). The normalized spacial score (nSPS) is 12.6. The molecule has 5 nitrogen and oxygen atoms in total. The number of nitrogens with zero attached hydrogens (tertiary/aromatic N) is 3. The van der Waals surface area contributed by atoms with Gasteiger partial charge in [0.1, 0.15) is 6.10 Å². The molecule has 1 aromatic carbocycles. The number of hydrogen-bond acceptors (Lipinski definition) is 5. The average molecular weight is 272 g/mol. The fourth-order valence-corrected chi connectivity index (χ4v) is 2.00. The van der Waals surface area contributed by atoms with Crippen molar-refractivity contribution >= 4 is 5.95 Å². The molecule has 1 unspecified atom stereocenters. The smallest absolute Gasteiger partial charge is 0.223 e. The highest BCUT2D eigenvalue weighted by Gasteiger charge is 2.21. The van der Waals surface area contributed by atoms with E-state index in [0.717, 1.165) is 5.56 Å². The number of ether oxygens (including phenoxy) is 1. The van der Waals surface area contributed by atoms with E-state index in [2.05, 4.69) is 28.8 Å². The SMILES string of the molecule is CCOC(c1nc(N)nc(-c2ccccc2)n1)C(C)C. The van der Waals surface area contributed by atoms with Crippen molar-refractivity contribution in [3.8, 4) is 11.4 Å². The first-order valence-electron chi connectivity index (χ1n) is 6.80. The summed E-state index contributed by atoms with van der Waals surface area (Å²) in [5.74, 6) is 1.66. The van der Waals surface area contributed by atoms with Crippen LogP contribution < -0.4 is 5.73 Å². The molecule has 2 aromatic rings. The molecule has 106 valence electrons. The van der Waals surface area contributed by atoms with E-state index in [1.54, 1.807) is 0 Å². The Bertz CT molecular complexity index is 557. The van der Waals surface area contributed by atoms with E-state index >= 15 is 0 Å². The summed E-state index contributed by atoms with van der Waals surface area (Å²) < 4.78 is 5.73. The van der Waals surface area contributed by atoms with Crippen LogP contribution in [0.2, 0.25) is 0 Å². The van der Waals surface area contributed by atoms with Gasteiger partial charge in [0, 0.05) is 12.2 Å². The third kappa shape index (κ3) is 3.30. The zero-order chi connectivity index (χ0) is 14.5. The van der Waals surface area contributed by atoms with Crippen LogP contribution in [0.5, 0.6) is 0 Å². The van der Waals surface area contributed by atoms with Crippen molar-refractivity contribution in [2.75, 3.05) is 12.3 Å². The van der Waals surface area contributed by atoms with Crippen LogP contribution in [0.1, 0.15) is 32.7 Å². The molecule has 0 fully saturated rings. The minimum absolute atomic E-state index is 0.173. The summed E-state index contributed by atoms with van der Waals surface area (Å²) in [5.41, 5.74) is 6.73. The van der Waals surface area contributed by atoms with Crippen LogP contribution in [-0.2, 0) is 4.74 Å². The molecule has 0 spiro atoms. The Hall–Kier alpha value is -2.01. The third-order valence-electron chi connectivity index (χ3n) is 2.91. The molecular weight excluding hydrogens is 252 g/mol. The van der Waals surface area contributed by atoms with E-state index in [-0.39, 0.29) is 18.0 Å². The van der Waals surface area contributed by atoms with Crippen molar-refractivity contribution in [1.29, 1.82) is 0 Å². The van der Waals surface area contributed by atoms with Gasteiger partial charge in [0.15, 0.2) is 11.6 Å². The monoisotopic (exact) mass is 272 g/mol. The zero-order valence-corrected chi connectivity index (χ0v) is 12.1. The van der Waals surface area contributed by atoms with Crippen molar-refractivity contribution in [1.82, 2.24) is 15.0 Å². The van der Waals surface area contributed by atoms with Crippen LogP contribution in [0.3, 0.4) is 0 Å². The van der Waals surface area contributed by atoms with Gasteiger partial charge < -0.3 is 10.5 Å². The van der Waals surface area contributed by atoms with E-state index in [9.17, 15) is 0 Å². The highest BCUT2D eigenvalue weighted by Crippen LogP contribution is 2.25. The Labute approximate surface area is 119 Å². The summed E-state index contributed by atoms with van der Waals surface area (Å²) in [6.45, 7) is 6.71. The molecule has 0 aliphatic rings. The second-order valence-electron chi connectivity index (χ2n) is 4.86. The summed E-state index contributed by atoms with van der Waals surface area (Å²) >= 11 is 0. The molecule has 20 heavy (non-hydrogen) atoms. The molecule has 0 saturated heterocycles. The molecule has 0 radical (unpaired) electrons. The van der Waals surface area contributed by atoms with E-state index in [1.165, 1.54) is 0 Å². The fourth-order valence-electron chi connectivity index (χ4n) is 2.00. The van der Waals surface area contributed by atoms with Gasteiger partial charge in [0.05, 0.1) is 0 Å².